The van der Waals surface area contributed by atoms with E-state index in [-0.39, 0.29) is 0 Å². The van der Waals surface area contributed by atoms with Crippen LogP contribution in [0, 0.1) is 6.92 Å². The third-order valence-electron chi connectivity index (χ3n) is 3.00. The Morgan fingerprint density at radius 3 is 2.83 bits per heavy atom. The molecule has 3 aromatic rings. The third-order valence-corrected chi connectivity index (χ3v) is 3.00. The first kappa shape index (κ1) is 10.8. The molecule has 2 heterocycles. The van der Waals surface area contributed by atoms with Crippen LogP contribution >= 0.6 is 0 Å². The standard InChI is InChI=1S/C14H14N4/c1-10-8-11(9-18-14(15)6-7-16-18)12-4-2-3-5-13(12)17-10/h2-8H,9,15H2,1H3. The van der Waals surface area contributed by atoms with Crippen molar-refractivity contribution in [3.63, 3.8) is 0 Å². The molecule has 2 aromatic heterocycles. The van der Waals surface area contributed by atoms with E-state index in [2.05, 4.69) is 22.2 Å². The van der Waals surface area contributed by atoms with Gasteiger partial charge in [0.15, 0.2) is 0 Å². The lowest BCUT2D eigenvalue weighted by Crippen LogP contribution is -2.06. The van der Waals surface area contributed by atoms with Gasteiger partial charge < -0.3 is 5.73 Å². The molecule has 0 aliphatic heterocycles. The van der Waals surface area contributed by atoms with Gasteiger partial charge in [-0.05, 0) is 30.7 Å². The van der Waals surface area contributed by atoms with Crippen molar-refractivity contribution in [1.29, 1.82) is 0 Å². The highest BCUT2D eigenvalue weighted by molar-refractivity contribution is 5.82. The number of nitrogens with zero attached hydrogens (tertiary/aromatic N) is 3. The summed E-state index contributed by atoms with van der Waals surface area (Å²) in [5.74, 6) is 0.675. The van der Waals surface area contributed by atoms with Crippen molar-refractivity contribution in [2.24, 2.45) is 0 Å². The zero-order valence-electron chi connectivity index (χ0n) is 10.2. The average molecular weight is 238 g/mol. The maximum Gasteiger partial charge on any atom is 0.122 e. The van der Waals surface area contributed by atoms with Crippen molar-refractivity contribution in [2.45, 2.75) is 13.5 Å². The second-order valence-electron chi connectivity index (χ2n) is 4.35. The Labute approximate surface area is 105 Å². The molecule has 3 rings (SSSR count). The molecular weight excluding hydrogens is 224 g/mol. The van der Waals surface area contributed by atoms with E-state index in [9.17, 15) is 0 Å². The number of para-hydroxylation sites is 1. The lowest BCUT2D eigenvalue weighted by Gasteiger charge is -2.09. The van der Waals surface area contributed by atoms with Crippen molar-refractivity contribution >= 4 is 16.7 Å². The summed E-state index contributed by atoms with van der Waals surface area (Å²) in [5, 5.41) is 5.37. The summed E-state index contributed by atoms with van der Waals surface area (Å²) >= 11 is 0. The molecule has 4 nitrogen and oxygen atoms in total. The highest BCUT2D eigenvalue weighted by Crippen LogP contribution is 2.19. The Balaban J connectivity index is 2.14. The number of aromatic nitrogens is 3. The third kappa shape index (κ3) is 1.82. The Kier molecular flexibility index (Phi) is 2.48. The average Bonchev–Trinajstić information content (AvgIpc) is 2.75. The fraction of sp³-hybridized carbons (Fsp3) is 0.143. The smallest absolute Gasteiger partial charge is 0.122 e. The van der Waals surface area contributed by atoms with Crippen molar-refractivity contribution in [3.05, 3.63) is 53.9 Å². The van der Waals surface area contributed by atoms with Crippen LogP contribution in [0.15, 0.2) is 42.6 Å². The Bertz CT molecular complexity index is 700. The highest BCUT2D eigenvalue weighted by Gasteiger charge is 2.06. The van der Waals surface area contributed by atoms with Gasteiger partial charge in [0.25, 0.3) is 0 Å². The van der Waals surface area contributed by atoms with Gasteiger partial charge in [-0.25, -0.2) is 4.68 Å². The van der Waals surface area contributed by atoms with E-state index in [1.807, 2.05) is 25.1 Å². The van der Waals surface area contributed by atoms with E-state index in [1.165, 1.54) is 5.56 Å². The molecule has 0 bridgehead atoms. The van der Waals surface area contributed by atoms with E-state index in [0.717, 1.165) is 16.6 Å². The van der Waals surface area contributed by atoms with E-state index >= 15 is 0 Å². The number of anilines is 1. The number of nitrogens with two attached hydrogens (primary N) is 1. The fourth-order valence-corrected chi connectivity index (χ4v) is 2.16. The van der Waals surface area contributed by atoms with Crippen LogP contribution in [-0.4, -0.2) is 14.8 Å². The SMILES string of the molecule is Cc1cc(Cn2nccc2N)c2ccccc2n1. The molecule has 0 atom stereocenters. The number of fused-ring (bicyclic) bond motifs is 1. The highest BCUT2D eigenvalue weighted by atomic mass is 15.3. The van der Waals surface area contributed by atoms with Gasteiger partial charge in [0.05, 0.1) is 18.3 Å². The largest absolute Gasteiger partial charge is 0.384 e. The number of pyridine rings is 1. The van der Waals surface area contributed by atoms with Crippen molar-refractivity contribution < 1.29 is 0 Å². The molecular formula is C14H14N4. The monoisotopic (exact) mass is 238 g/mol. The predicted molar refractivity (Wildman–Crippen MR) is 72.2 cm³/mol. The molecule has 0 unspecified atom stereocenters. The Morgan fingerprint density at radius 1 is 1.22 bits per heavy atom. The molecule has 0 spiro atoms. The van der Waals surface area contributed by atoms with Gasteiger partial charge in [0.2, 0.25) is 0 Å². The van der Waals surface area contributed by atoms with Gasteiger partial charge in [0, 0.05) is 11.1 Å². The van der Waals surface area contributed by atoms with Crippen LogP contribution < -0.4 is 5.73 Å². The second kappa shape index (κ2) is 4.14. The molecule has 0 amide bonds. The van der Waals surface area contributed by atoms with Gasteiger partial charge in [-0.2, -0.15) is 5.10 Å². The minimum absolute atomic E-state index is 0.669. The van der Waals surface area contributed by atoms with Crippen LogP contribution in [0.25, 0.3) is 10.9 Å². The number of hydrogen-bond donors (Lipinski definition) is 1. The van der Waals surface area contributed by atoms with Gasteiger partial charge in [-0.15, -0.1) is 0 Å². The number of nitrogen functional groups attached to an aromatic ring is 1. The lowest BCUT2D eigenvalue weighted by atomic mass is 10.1. The van der Waals surface area contributed by atoms with Crippen LogP contribution in [-0.2, 0) is 6.54 Å². The first-order chi connectivity index (χ1) is 8.74. The van der Waals surface area contributed by atoms with E-state index in [0.29, 0.717) is 12.4 Å². The first-order valence-corrected chi connectivity index (χ1v) is 5.86. The summed E-state index contributed by atoms with van der Waals surface area (Å²) < 4.78 is 1.79. The molecule has 2 N–H and O–H groups in total. The van der Waals surface area contributed by atoms with Crippen molar-refractivity contribution in [3.8, 4) is 0 Å². The Hall–Kier alpha value is -2.36. The fourth-order valence-electron chi connectivity index (χ4n) is 2.16. The van der Waals surface area contributed by atoms with Gasteiger partial charge in [-0.3, -0.25) is 4.98 Å². The molecule has 0 aliphatic rings. The molecule has 0 saturated carbocycles. The van der Waals surface area contributed by atoms with Crippen LogP contribution in [0.5, 0.6) is 0 Å². The van der Waals surface area contributed by atoms with Gasteiger partial charge in [0.1, 0.15) is 5.82 Å². The van der Waals surface area contributed by atoms with Gasteiger partial charge >= 0.3 is 0 Å². The second-order valence-corrected chi connectivity index (χ2v) is 4.35. The molecule has 0 radical (unpaired) electrons. The summed E-state index contributed by atoms with van der Waals surface area (Å²) in [6.45, 7) is 2.67. The van der Waals surface area contributed by atoms with Crippen LogP contribution in [0.3, 0.4) is 0 Å². The quantitative estimate of drug-likeness (QED) is 0.745. The summed E-state index contributed by atoms with van der Waals surface area (Å²) in [6.07, 6.45) is 1.71. The lowest BCUT2D eigenvalue weighted by molar-refractivity contribution is 0.699. The van der Waals surface area contributed by atoms with Crippen molar-refractivity contribution in [2.75, 3.05) is 5.73 Å². The zero-order chi connectivity index (χ0) is 12.5. The first-order valence-electron chi connectivity index (χ1n) is 5.86. The van der Waals surface area contributed by atoms with E-state index in [1.54, 1.807) is 16.9 Å². The molecule has 4 heteroatoms. The van der Waals surface area contributed by atoms with E-state index in [4.69, 9.17) is 5.73 Å². The zero-order valence-corrected chi connectivity index (χ0v) is 10.2. The molecule has 1 aromatic carbocycles. The molecule has 0 aliphatic carbocycles. The molecule has 0 saturated heterocycles. The normalized spacial score (nSPS) is 10.9. The number of rotatable bonds is 2. The van der Waals surface area contributed by atoms with Gasteiger partial charge in [-0.1, -0.05) is 18.2 Å². The van der Waals surface area contributed by atoms with Crippen LogP contribution in [0.1, 0.15) is 11.3 Å². The maximum absolute atomic E-state index is 5.86. The number of hydrogen-bond acceptors (Lipinski definition) is 3. The summed E-state index contributed by atoms with van der Waals surface area (Å²) in [5.41, 5.74) is 9.06. The van der Waals surface area contributed by atoms with Crippen molar-refractivity contribution in [1.82, 2.24) is 14.8 Å². The predicted octanol–water partition coefficient (Wildman–Crippen LogP) is 2.37. The molecule has 0 fully saturated rings. The minimum Gasteiger partial charge on any atom is -0.384 e. The Morgan fingerprint density at radius 2 is 2.06 bits per heavy atom. The molecule has 18 heavy (non-hydrogen) atoms. The van der Waals surface area contributed by atoms with Crippen LogP contribution in [0.2, 0.25) is 0 Å². The minimum atomic E-state index is 0.669. The van der Waals surface area contributed by atoms with Crippen LogP contribution in [0.4, 0.5) is 5.82 Å². The van der Waals surface area contributed by atoms with E-state index < -0.39 is 0 Å². The topological polar surface area (TPSA) is 56.7 Å². The number of aryl methyl sites for hydroxylation is 1. The number of benzene rings is 1. The summed E-state index contributed by atoms with van der Waals surface area (Å²) in [4.78, 5) is 4.53. The maximum atomic E-state index is 5.86. The summed E-state index contributed by atoms with van der Waals surface area (Å²) in [6, 6.07) is 12.0. The molecule has 90 valence electrons. The summed E-state index contributed by atoms with van der Waals surface area (Å²) in [7, 11) is 0.